The number of hydrogen-bond donors (Lipinski definition) is 2. The maximum Gasteiger partial charge on any atom is 0.424 e. The van der Waals surface area contributed by atoms with Crippen molar-refractivity contribution in [2.75, 3.05) is 19.7 Å². The highest BCUT2D eigenvalue weighted by Gasteiger charge is 2.41. The Kier molecular flexibility index (Phi) is 10.1. The maximum absolute atomic E-state index is 13.8. The van der Waals surface area contributed by atoms with E-state index >= 15 is 0 Å². The Morgan fingerprint density at radius 3 is 2.09 bits per heavy atom. The molecule has 0 aromatic heterocycles. The van der Waals surface area contributed by atoms with E-state index in [1.807, 2.05) is 48.5 Å². The zero-order valence-corrected chi connectivity index (χ0v) is 24.8. The van der Waals surface area contributed by atoms with E-state index in [-0.39, 0.29) is 28.9 Å². The van der Waals surface area contributed by atoms with E-state index in [0.717, 1.165) is 53.1 Å². The molecule has 0 bridgehead atoms. The molecule has 12 heteroatoms. The minimum Gasteiger partial charge on any atom is -0.480 e. The molecule has 1 amide bonds. The van der Waals surface area contributed by atoms with E-state index < -0.39 is 37.9 Å². The van der Waals surface area contributed by atoms with Crippen LogP contribution in [0.25, 0.3) is 11.1 Å². The molecule has 0 spiro atoms. The van der Waals surface area contributed by atoms with E-state index in [2.05, 4.69) is 19.2 Å². The molecule has 0 saturated carbocycles. The van der Waals surface area contributed by atoms with Crippen LogP contribution in [0.3, 0.4) is 0 Å². The van der Waals surface area contributed by atoms with Crippen molar-refractivity contribution in [1.82, 2.24) is 9.62 Å². The van der Waals surface area contributed by atoms with Crippen molar-refractivity contribution in [3.8, 4) is 11.1 Å². The number of nitrogens with zero attached hydrogens (tertiary/aromatic N) is 2. The molecule has 0 unspecified atom stereocenters. The summed E-state index contributed by atoms with van der Waals surface area (Å²) < 4.78 is 33.4. The first kappa shape index (κ1) is 31.6. The molecule has 1 atom stereocenters. The maximum atomic E-state index is 13.8. The molecule has 0 fully saturated rings. The van der Waals surface area contributed by atoms with Gasteiger partial charge < -0.3 is 15.2 Å². The summed E-state index contributed by atoms with van der Waals surface area (Å²) in [5.41, 5.74) is 3.42. The number of benzene rings is 3. The molecule has 0 saturated heterocycles. The highest BCUT2D eigenvalue weighted by atomic mass is 32.2. The number of unbranched alkanes of at least 4 members (excludes halogenated alkanes) is 1. The van der Waals surface area contributed by atoms with Gasteiger partial charge in [-0.3, -0.25) is 10.1 Å². The number of nitrogens with one attached hydrogen (secondary N) is 1. The van der Waals surface area contributed by atoms with E-state index in [0.29, 0.717) is 25.3 Å². The Hall–Kier alpha value is -4.29. The average Bonchev–Trinajstić information content (AvgIpc) is 3.30. The number of ether oxygens (including phenoxy) is 1. The number of carbonyl (C=O) groups is 2. The standard InChI is InChI=1S/C31H35N3O8S/c1-21(2)19-32-18-8-7-13-29(30(35)36)33(43(40,41)23-16-14-22(15-17-23)34(38)39)31(37)42-20-28-26-11-5-3-9-24(26)25-10-4-6-12-27(25)28/h3-6,9-12,14-17,21,28-29,32H,7-8,13,18-20H2,1-2H3,(H,35,36)/t29-/m0/s1. The molecule has 1 aliphatic carbocycles. The average molecular weight is 610 g/mol. The van der Waals surface area contributed by atoms with Crippen LogP contribution in [0.1, 0.15) is 50.2 Å². The Morgan fingerprint density at radius 1 is 0.977 bits per heavy atom. The van der Waals surface area contributed by atoms with E-state index in [1.165, 1.54) is 0 Å². The first-order chi connectivity index (χ1) is 20.5. The largest absolute Gasteiger partial charge is 0.480 e. The number of non-ortho nitro benzene ring substituents is 1. The highest BCUT2D eigenvalue weighted by Crippen LogP contribution is 2.44. The lowest BCUT2D eigenvalue weighted by atomic mass is 9.98. The second kappa shape index (κ2) is 13.8. The van der Waals surface area contributed by atoms with Crippen LogP contribution in [0.5, 0.6) is 0 Å². The number of aliphatic carboxylic acids is 1. The number of carboxylic acid groups (broad SMARTS) is 1. The third-order valence-corrected chi connectivity index (χ3v) is 9.11. The van der Waals surface area contributed by atoms with E-state index in [9.17, 15) is 33.2 Å². The first-order valence-corrected chi connectivity index (χ1v) is 15.5. The fraction of sp³-hybridized carbons (Fsp3) is 0.355. The van der Waals surface area contributed by atoms with Gasteiger partial charge in [-0.15, -0.1) is 0 Å². The molecule has 2 N–H and O–H groups in total. The van der Waals surface area contributed by atoms with Gasteiger partial charge in [-0.05, 0) is 72.7 Å². The fourth-order valence-electron chi connectivity index (χ4n) is 5.22. The number of carbonyl (C=O) groups excluding carboxylic acids is 1. The van der Waals surface area contributed by atoms with Crippen LogP contribution in [0, 0.1) is 16.0 Å². The van der Waals surface area contributed by atoms with Crippen LogP contribution < -0.4 is 5.32 Å². The number of nitro groups is 1. The number of amides is 1. The zero-order chi connectivity index (χ0) is 31.1. The molecule has 11 nitrogen and oxygen atoms in total. The van der Waals surface area contributed by atoms with Crippen molar-refractivity contribution in [2.45, 2.75) is 50.0 Å². The number of fused-ring (bicyclic) bond motifs is 3. The topological polar surface area (TPSA) is 156 Å². The SMILES string of the molecule is CC(C)CNCCCC[C@@H](C(=O)O)N(C(=O)OCC1c2ccccc2-c2ccccc21)S(=O)(=O)c1ccc([N+](=O)[O-])cc1. The zero-order valence-electron chi connectivity index (χ0n) is 24.0. The van der Waals surface area contributed by atoms with Gasteiger partial charge in [0, 0.05) is 18.1 Å². The second-order valence-electron chi connectivity index (χ2n) is 10.8. The van der Waals surface area contributed by atoms with Gasteiger partial charge in [0.25, 0.3) is 15.7 Å². The summed E-state index contributed by atoms with van der Waals surface area (Å²) in [5, 5.41) is 24.5. The van der Waals surface area contributed by atoms with Crippen molar-refractivity contribution in [2.24, 2.45) is 5.92 Å². The molecular weight excluding hydrogens is 574 g/mol. The van der Waals surface area contributed by atoms with Gasteiger partial charge >= 0.3 is 12.1 Å². The summed E-state index contributed by atoms with van der Waals surface area (Å²) in [7, 11) is -4.77. The second-order valence-corrected chi connectivity index (χ2v) is 12.6. The van der Waals surface area contributed by atoms with Crippen LogP contribution in [0.4, 0.5) is 10.5 Å². The predicted octanol–water partition coefficient (Wildman–Crippen LogP) is 5.40. The molecule has 228 valence electrons. The summed E-state index contributed by atoms with van der Waals surface area (Å²) in [6.45, 7) is 5.28. The lowest BCUT2D eigenvalue weighted by Crippen LogP contribution is -2.49. The molecule has 0 aliphatic heterocycles. The first-order valence-electron chi connectivity index (χ1n) is 14.1. The quantitative estimate of drug-likeness (QED) is 0.139. The van der Waals surface area contributed by atoms with Crippen LogP contribution in [0.2, 0.25) is 0 Å². The van der Waals surface area contributed by atoms with Gasteiger partial charge in [-0.1, -0.05) is 62.4 Å². The molecule has 1 aliphatic rings. The minimum absolute atomic E-state index is 0.144. The summed E-state index contributed by atoms with van der Waals surface area (Å²) in [6.07, 6.45) is -0.585. The van der Waals surface area contributed by atoms with E-state index in [1.54, 1.807) is 0 Å². The van der Waals surface area contributed by atoms with Crippen LogP contribution in [-0.4, -0.2) is 60.6 Å². The van der Waals surface area contributed by atoms with Gasteiger partial charge in [0.2, 0.25) is 0 Å². The van der Waals surface area contributed by atoms with E-state index in [4.69, 9.17) is 4.74 Å². The molecular formula is C31H35N3O8S. The summed E-state index contributed by atoms with van der Waals surface area (Å²) >= 11 is 0. The van der Waals surface area contributed by atoms with Gasteiger partial charge in [-0.2, -0.15) is 4.31 Å². The van der Waals surface area contributed by atoms with Crippen LogP contribution >= 0.6 is 0 Å². The van der Waals surface area contributed by atoms with Crippen molar-refractivity contribution in [1.29, 1.82) is 0 Å². The van der Waals surface area contributed by atoms with Crippen molar-refractivity contribution >= 4 is 27.8 Å². The molecule has 3 aromatic carbocycles. The molecule has 43 heavy (non-hydrogen) atoms. The lowest BCUT2D eigenvalue weighted by molar-refractivity contribution is -0.384. The fourth-order valence-corrected chi connectivity index (χ4v) is 6.71. The Bertz CT molecular complexity index is 1530. The smallest absolute Gasteiger partial charge is 0.424 e. The molecule has 0 heterocycles. The molecule has 0 radical (unpaired) electrons. The van der Waals surface area contributed by atoms with Crippen LogP contribution in [0.15, 0.2) is 77.7 Å². The summed E-state index contributed by atoms with van der Waals surface area (Å²) in [4.78, 5) is 36.0. The highest BCUT2D eigenvalue weighted by molar-refractivity contribution is 7.89. The predicted molar refractivity (Wildman–Crippen MR) is 160 cm³/mol. The monoisotopic (exact) mass is 609 g/mol. The number of carboxylic acids is 1. The third-order valence-electron chi connectivity index (χ3n) is 7.32. The summed E-state index contributed by atoms with van der Waals surface area (Å²) in [6, 6.07) is 17.4. The Morgan fingerprint density at radius 2 is 1.56 bits per heavy atom. The normalized spacial score (nSPS) is 13.3. The third kappa shape index (κ3) is 7.20. The van der Waals surface area contributed by atoms with Gasteiger partial charge in [0.15, 0.2) is 0 Å². The number of nitro benzene ring substituents is 1. The Balaban J connectivity index is 1.61. The number of rotatable bonds is 14. The molecule has 3 aromatic rings. The van der Waals surface area contributed by atoms with Crippen LogP contribution in [-0.2, 0) is 19.6 Å². The van der Waals surface area contributed by atoms with Gasteiger partial charge in [0.05, 0.1) is 9.82 Å². The van der Waals surface area contributed by atoms with Crippen molar-refractivity contribution < 1.29 is 32.8 Å². The van der Waals surface area contributed by atoms with Crippen molar-refractivity contribution in [3.05, 3.63) is 94.0 Å². The number of sulfonamides is 1. The van der Waals surface area contributed by atoms with Gasteiger partial charge in [-0.25, -0.2) is 18.0 Å². The van der Waals surface area contributed by atoms with Gasteiger partial charge in [0.1, 0.15) is 12.6 Å². The minimum atomic E-state index is -4.77. The Labute approximate surface area is 250 Å². The van der Waals surface area contributed by atoms with Crippen molar-refractivity contribution in [3.63, 3.8) is 0 Å². The lowest BCUT2D eigenvalue weighted by Gasteiger charge is -2.28. The number of hydrogen-bond acceptors (Lipinski definition) is 8. The molecule has 4 rings (SSSR count). The summed E-state index contributed by atoms with van der Waals surface area (Å²) in [5.74, 6) is -1.45.